The molecule has 1 amide bonds. The third kappa shape index (κ3) is 1.15. The molecule has 0 atom stereocenters. The number of carbonyl (C=O) groups is 2. The summed E-state index contributed by atoms with van der Waals surface area (Å²) in [5.41, 5.74) is 0. The zero-order valence-corrected chi connectivity index (χ0v) is 8.38. The Hall–Kier alpha value is -1.81. The molecular formula is C11H5NO2S. The molecule has 3 rings (SSSR count). The molecule has 0 N–H and O–H groups in total. The van der Waals surface area contributed by atoms with E-state index in [1.54, 1.807) is 11.3 Å². The van der Waals surface area contributed by atoms with Gasteiger partial charge in [-0.05, 0) is 17.5 Å². The van der Waals surface area contributed by atoms with E-state index in [0.717, 1.165) is 15.3 Å². The molecule has 0 saturated carbocycles. The highest BCUT2D eigenvalue weighted by atomic mass is 32.1. The summed E-state index contributed by atoms with van der Waals surface area (Å²) in [5, 5.41) is 4.24. The lowest BCUT2D eigenvalue weighted by Crippen LogP contribution is -2.33. The summed E-state index contributed by atoms with van der Waals surface area (Å²) in [6, 6.07) is 5.68. The summed E-state index contributed by atoms with van der Waals surface area (Å²) >= 11 is 1.59. The highest BCUT2D eigenvalue weighted by Gasteiger charge is 2.14. The average molecular weight is 215 g/mol. The minimum absolute atomic E-state index is 0.544. The molecule has 0 fully saturated rings. The van der Waals surface area contributed by atoms with Gasteiger partial charge < -0.3 is 0 Å². The van der Waals surface area contributed by atoms with E-state index in [0.29, 0.717) is 5.36 Å². The van der Waals surface area contributed by atoms with Crippen molar-refractivity contribution in [1.82, 2.24) is 0 Å². The van der Waals surface area contributed by atoms with Crippen LogP contribution in [0.25, 0.3) is 16.2 Å². The molecule has 0 spiro atoms. The number of benzene rings is 1. The van der Waals surface area contributed by atoms with Gasteiger partial charge in [-0.3, -0.25) is 9.59 Å². The van der Waals surface area contributed by atoms with Crippen molar-refractivity contribution in [2.24, 2.45) is 4.99 Å². The zero-order chi connectivity index (χ0) is 10.4. The molecule has 1 aromatic carbocycles. The first-order chi connectivity index (χ1) is 7.25. The van der Waals surface area contributed by atoms with Gasteiger partial charge in [0, 0.05) is 21.4 Å². The van der Waals surface area contributed by atoms with Crippen molar-refractivity contribution >= 4 is 39.2 Å². The van der Waals surface area contributed by atoms with Crippen molar-refractivity contribution in [3.05, 3.63) is 34.2 Å². The van der Waals surface area contributed by atoms with Crippen LogP contribution in [0.1, 0.15) is 0 Å². The summed E-state index contributed by atoms with van der Waals surface area (Å²) < 4.78 is 1.08. The highest BCUT2D eigenvalue weighted by Crippen LogP contribution is 2.15. The average Bonchev–Trinajstić information content (AvgIpc) is 2.68. The molecule has 1 aromatic heterocycles. The Morgan fingerprint density at radius 1 is 1.13 bits per heavy atom. The van der Waals surface area contributed by atoms with Gasteiger partial charge in [-0.25, -0.2) is 4.99 Å². The molecule has 2 heterocycles. The Kier molecular flexibility index (Phi) is 1.61. The minimum atomic E-state index is -0.679. The van der Waals surface area contributed by atoms with Crippen LogP contribution in [0.3, 0.4) is 0 Å². The second kappa shape index (κ2) is 2.84. The summed E-state index contributed by atoms with van der Waals surface area (Å²) in [7, 11) is 0. The van der Waals surface area contributed by atoms with Gasteiger partial charge in [0.05, 0.1) is 5.36 Å². The fourth-order valence-electron chi connectivity index (χ4n) is 1.65. The molecule has 0 unspecified atom stereocenters. The lowest BCUT2D eigenvalue weighted by molar-refractivity contribution is -0.132. The van der Waals surface area contributed by atoms with Crippen LogP contribution in [0.5, 0.6) is 0 Å². The molecule has 0 aliphatic carbocycles. The maximum Gasteiger partial charge on any atom is 0.318 e. The molecule has 1 aliphatic heterocycles. The number of hydrogen-bond donors (Lipinski definition) is 0. The lowest BCUT2D eigenvalue weighted by atomic mass is 10.1. The number of Topliss-reactive ketones (excluding diaryl/α,β-unsaturated/α-hetero) is 1. The zero-order valence-electron chi connectivity index (χ0n) is 7.56. The first-order valence-corrected chi connectivity index (χ1v) is 5.28. The van der Waals surface area contributed by atoms with Crippen molar-refractivity contribution in [3.8, 4) is 0 Å². The molecule has 72 valence electrons. The third-order valence-corrected chi connectivity index (χ3v) is 3.23. The first kappa shape index (κ1) is 8.49. The minimum Gasteiger partial charge on any atom is -0.284 e. The maximum atomic E-state index is 11.2. The van der Waals surface area contributed by atoms with Crippen molar-refractivity contribution in [1.29, 1.82) is 0 Å². The van der Waals surface area contributed by atoms with Crippen LogP contribution in [0, 0.1) is 0 Å². The van der Waals surface area contributed by atoms with Crippen LogP contribution in [-0.4, -0.2) is 11.7 Å². The van der Waals surface area contributed by atoms with Gasteiger partial charge in [0.25, 0.3) is 0 Å². The standard InChI is InChI=1S/C11H5NO2S/c13-8-5-6-1-2-9-7(3-4-15-9)10(6)12-11(8)14/h1-5H. The summed E-state index contributed by atoms with van der Waals surface area (Å²) in [5.74, 6) is -1.22. The third-order valence-electron chi connectivity index (χ3n) is 2.35. The largest absolute Gasteiger partial charge is 0.318 e. The van der Waals surface area contributed by atoms with E-state index in [1.165, 1.54) is 6.08 Å². The van der Waals surface area contributed by atoms with Crippen LogP contribution in [0.4, 0.5) is 0 Å². The predicted molar refractivity (Wildman–Crippen MR) is 57.1 cm³/mol. The van der Waals surface area contributed by atoms with E-state index in [1.807, 2.05) is 23.6 Å². The number of nitrogens with zero attached hydrogens (tertiary/aromatic N) is 1. The van der Waals surface area contributed by atoms with Crippen molar-refractivity contribution < 1.29 is 9.59 Å². The monoisotopic (exact) mass is 215 g/mol. The van der Waals surface area contributed by atoms with Crippen molar-refractivity contribution in [3.63, 3.8) is 0 Å². The fourth-order valence-corrected chi connectivity index (χ4v) is 2.44. The van der Waals surface area contributed by atoms with Crippen LogP contribution in [0.2, 0.25) is 0 Å². The van der Waals surface area contributed by atoms with Crippen LogP contribution in [-0.2, 0) is 9.59 Å². The van der Waals surface area contributed by atoms with E-state index in [4.69, 9.17) is 0 Å². The number of amides is 1. The second-order valence-corrected chi connectivity index (χ2v) is 4.21. The van der Waals surface area contributed by atoms with E-state index in [2.05, 4.69) is 4.99 Å². The topological polar surface area (TPSA) is 46.5 Å². The van der Waals surface area contributed by atoms with Gasteiger partial charge in [-0.2, -0.15) is 0 Å². The van der Waals surface area contributed by atoms with E-state index < -0.39 is 11.7 Å². The van der Waals surface area contributed by atoms with E-state index >= 15 is 0 Å². The number of thiophene rings is 1. The van der Waals surface area contributed by atoms with Gasteiger partial charge >= 0.3 is 5.91 Å². The smallest absolute Gasteiger partial charge is 0.284 e. The molecular weight excluding hydrogens is 210 g/mol. The van der Waals surface area contributed by atoms with Gasteiger partial charge in [-0.1, -0.05) is 6.07 Å². The molecule has 15 heavy (non-hydrogen) atoms. The number of hydrogen-bond acceptors (Lipinski definition) is 3. The number of fused-ring (bicyclic) bond motifs is 3. The molecule has 2 aromatic rings. The van der Waals surface area contributed by atoms with E-state index in [-0.39, 0.29) is 0 Å². The highest BCUT2D eigenvalue weighted by molar-refractivity contribution is 7.17. The van der Waals surface area contributed by atoms with Crippen LogP contribution < -0.4 is 10.6 Å². The SMILES string of the molecule is O=C1C=c2ccc3sccc3c2=NC1=O. The summed E-state index contributed by atoms with van der Waals surface area (Å²) in [4.78, 5) is 26.1. The van der Waals surface area contributed by atoms with Gasteiger partial charge in [0.2, 0.25) is 5.78 Å². The Bertz CT molecular complexity index is 712. The molecule has 0 bridgehead atoms. The van der Waals surface area contributed by atoms with Crippen molar-refractivity contribution in [2.75, 3.05) is 0 Å². The molecule has 0 radical (unpaired) electrons. The van der Waals surface area contributed by atoms with E-state index in [9.17, 15) is 9.59 Å². The normalized spacial score (nSPS) is 14.7. The first-order valence-electron chi connectivity index (χ1n) is 4.41. The van der Waals surface area contributed by atoms with Crippen LogP contribution in [0.15, 0.2) is 28.6 Å². The van der Waals surface area contributed by atoms with Gasteiger partial charge in [-0.15, -0.1) is 11.3 Å². The van der Waals surface area contributed by atoms with Crippen molar-refractivity contribution in [2.45, 2.75) is 0 Å². The molecule has 1 aliphatic rings. The lowest BCUT2D eigenvalue weighted by Gasteiger charge is -1.98. The molecule has 3 nitrogen and oxygen atoms in total. The van der Waals surface area contributed by atoms with Gasteiger partial charge in [0.1, 0.15) is 0 Å². The maximum absolute atomic E-state index is 11.2. The summed E-state index contributed by atoms with van der Waals surface area (Å²) in [6.07, 6.45) is 1.35. The molecule has 4 heteroatoms. The molecule has 0 saturated heterocycles. The Morgan fingerprint density at radius 2 is 2.00 bits per heavy atom. The Labute approximate surface area is 88.4 Å². The quantitative estimate of drug-likeness (QED) is 0.597. The fraction of sp³-hybridized carbons (Fsp3) is 0. The van der Waals surface area contributed by atoms with Crippen LogP contribution >= 0.6 is 11.3 Å². The Balaban J connectivity index is 2.60. The number of ketones is 1. The predicted octanol–water partition coefficient (Wildman–Crippen LogP) is 0.411. The van der Waals surface area contributed by atoms with Gasteiger partial charge in [0.15, 0.2) is 0 Å². The second-order valence-electron chi connectivity index (χ2n) is 3.26. The number of carbonyl (C=O) groups excluding carboxylic acids is 2. The summed E-state index contributed by atoms with van der Waals surface area (Å²) in [6.45, 7) is 0. The number of rotatable bonds is 0. The Morgan fingerprint density at radius 3 is 2.87 bits per heavy atom.